The normalized spacial score (nSPS) is 14.1. The van der Waals surface area contributed by atoms with Crippen LogP contribution in [-0.4, -0.2) is 56.5 Å². The van der Waals surface area contributed by atoms with Crippen LogP contribution in [0.15, 0.2) is 0 Å². The van der Waals surface area contributed by atoms with Crippen LogP contribution in [0.1, 0.15) is 117 Å². The summed E-state index contributed by atoms with van der Waals surface area (Å²) in [6.07, 6.45) is 18.7. The van der Waals surface area contributed by atoms with E-state index in [1.165, 1.54) is 77.0 Å². The maximum Gasteiger partial charge on any atom is 0.329 e. The molecule has 0 amide bonds. The number of ether oxygens (including phenoxy) is 2. The van der Waals surface area contributed by atoms with Crippen LogP contribution >= 0.6 is 7.60 Å². The van der Waals surface area contributed by atoms with Gasteiger partial charge in [0.1, 0.15) is 6.10 Å². The van der Waals surface area contributed by atoms with E-state index in [-0.39, 0.29) is 25.3 Å². The zero-order valence-electron chi connectivity index (χ0n) is 22.4. The molecule has 0 bridgehead atoms. The van der Waals surface area contributed by atoms with Gasteiger partial charge in [-0.25, -0.2) is 0 Å². The van der Waals surface area contributed by atoms with Gasteiger partial charge in [0, 0.05) is 19.6 Å². The molecule has 8 heteroatoms. The Morgan fingerprint density at radius 3 is 1.85 bits per heavy atom. The third-order valence-corrected chi connectivity index (χ3v) is 7.15. The van der Waals surface area contributed by atoms with Crippen LogP contribution < -0.4 is 5.32 Å². The summed E-state index contributed by atoms with van der Waals surface area (Å²) in [5.74, 6) is -0.334. The maximum atomic E-state index is 12.0. The fourth-order valence-electron chi connectivity index (χ4n) is 3.70. The van der Waals surface area contributed by atoms with Crippen molar-refractivity contribution in [2.75, 3.05) is 39.6 Å². The minimum absolute atomic E-state index is 0.0129. The molecule has 0 aromatic heterocycles. The lowest BCUT2D eigenvalue weighted by Gasteiger charge is -2.20. The van der Waals surface area contributed by atoms with Gasteiger partial charge in [-0.05, 0) is 19.9 Å². The zero-order chi connectivity index (χ0) is 25.3. The van der Waals surface area contributed by atoms with Crippen molar-refractivity contribution in [1.29, 1.82) is 0 Å². The smallest absolute Gasteiger partial charge is 0.329 e. The molecule has 0 heterocycles. The minimum Gasteiger partial charge on any atom is -0.457 e. The molecule has 7 nitrogen and oxygen atoms in total. The van der Waals surface area contributed by atoms with Gasteiger partial charge in [-0.15, -0.1) is 0 Å². The number of unbranched alkanes of at least 4 members (excludes halogenated alkanes) is 13. The summed E-state index contributed by atoms with van der Waals surface area (Å²) in [5.41, 5.74) is 0. The molecule has 0 saturated heterocycles. The van der Waals surface area contributed by atoms with Crippen molar-refractivity contribution < 1.29 is 28.3 Å². The summed E-state index contributed by atoms with van der Waals surface area (Å²) in [5, 5.41) is 2.82. The molecule has 0 fully saturated rings. The first kappa shape index (κ1) is 33.5. The highest BCUT2D eigenvalue weighted by atomic mass is 31.2. The van der Waals surface area contributed by atoms with Crippen LogP contribution in [0.3, 0.4) is 0 Å². The molecule has 0 aliphatic carbocycles. The van der Waals surface area contributed by atoms with E-state index < -0.39 is 13.7 Å². The number of nitrogens with one attached hydrogen (secondary N) is 1. The van der Waals surface area contributed by atoms with Crippen molar-refractivity contribution in [2.24, 2.45) is 0 Å². The predicted octanol–water partition coefficient (Wildman–Crippen LogP) is 6.62. The summed E-state index contributed by atoms with van der Waals surface area (Å²) < 4.78 is 28.3. The summed E-state index contributed by atoms with van der Waals surface area (Å²) in [4.78, 5) is 21.7. The average Bonchev–Trinajstić information content (AvgIpc) is 2.81. The first-order valence-electron chi connectivity index (χ1n) is 13.8. The lowest BCUT2D eigenvalue weighted by atomic mass is 10.0. The number of esters is 1. The summed E-state index contributed by atoms with van der Waals surface area (Å²) in [7, 11) is -2.00. The number of carbonyl (C=O) groups excluding carboxylic acids is 1. The van der Waals surface area contributed by atoms with Gasteiger partial charge in [0.15, 0.2) is 0 Å². The average molecular weight is 508 g/mol. The second-order valence-electron chi connectivity index (χ2n) is 9.29. The highest BCUT2D eigenvalue weighted by Gasteiger charge is 2.23. The van der Waals surface area contributed by atoms with E-state index in [4.69, 9.17) is 14.0 Å². The highest BCUT2D eigenvalue weighted by molar-refractivity contribution is 7.52. The Bertz CT molecular complexity index is 506. The van der Waals surface area contributed by atoms with Gasteiger partial charge < -0.3 is 24.2 Å². The Morgan fingerprint density at radius 2 is 1.35 bits per heavy atom. The molecule has 0 aliphatic rings. The molecular weight excluding hydrogens is 453 g/mol. The maximum absolute atomic E-state index is 12.0. The first-order chi connectivity index (χ1) is 16.4. The molecule has 0 radical (unpaired) electrons. The van der Waals surface area contributed by atoms with Gasteiger partial charge in [0.25, 0.3) is 0 Å². The van der Waals surface area contributed by atoms with Gasteiger partial charge in [-0.3, -0.25) is 9.36 Å². The van der Waals surface area contributed by atoms with Crippen molar-refractivity contribution in [2.45, 2.75) is 123 Å². The van der Waals surface area contributed by atoms with Crippen molar-refractivity contribution in [3.05, 3.63) is 0 Å². The van der Waals surface area contributed by atoms with Gasteiger partial charge in [0.05, 0.1) is 19.4 Å². The molecule has 2 unspecified atom stereocenters. The Labute approximate surface area is 209 Å². The Balaban J connectivity index is 3.81. The second-order valence-corrected chi connectivity index (χ2v) is 11.3. The molecular formula is C26H54NO6P. The standard InChI is InChI=1S/C26H54NO6P/c1-4-6-7-8-9-10-11-12-13-14-15-16-17-18-21-31-23-25(33-26(28)19-5-2)24-32-34(29,30)22-20-27-3/h25,27H,4-24H2,1-3H3,(H,29,30). The van der Waals surface area contributed by atoms with E-state index in [0.717, 1.165) is 12.8 Å². The van der Waals surface area contributed by atoms with E-state index in [1.807, 2.05) is 6.92 Å². The third-order valence-electron chi connectivity index (χ3n) is 5.80. The van der Waals surface area contributed by atoms with Crippen molar-refractivity contribution in [1.82, 2.24) is 5.32 Å². The Morgan fingerprint density at radius 1 is 0.824 bits per heavy atom. The number of carbonyl (C=O) groups is 1. The first-order valence-corrected chi connectivity index (χ1v) is 15.6. The van der Waals surface area contributed by atoms with Crippen molar-refractivity contribution in [3.63, 3.8) is 0 Å². The van der Waals surface area contributed by atoms with E-state index in [0.29, 0.717) is 26.0 Å². The second kappa shape index (κ2) is 24.2. The molecule has 0 rings (SSSR count). The fraction of sp³-hybridized carbons (Fsp3) is 0.962. The highest BCUT2D eigenvalue weighted by Crippen LogP contribution is 2.41. The lowest BCUT2D eigenvalue weighted by Crippen LogP contribution is -2.28. The largest absolute Gasteiger partial charge is 0.457 e. The number of hydrogen-bond donors (Lipinski definition) is 2. The van der Waals surface area contributed by atoms with E-state index in [2.05, 4.69) is 12.2 Å². The predicted molar refractivity (Wildman–Crippen MR) is 140 cm³/mol. The van der Waals surface area contributed by atoms with Crippen LogP contribution in [0.25, 0.3) is 0 Å². The van der Waals surface area contributed by atoms with Crippen LogP contribution in [0, 0.1) is 0 Å². The van der Waals surface area contributed by atoms with Crippen LogP contribution in [0.5, 0.6) is 0 Å². The van der Waals surface area contributed by atoms with Crippen LogP contribution in [0.4, 0.5) is 0 Å². The monoisotopic (exact) mass is 507 g/mol. The fourth-order valence-corrected chi connectivity index (χ4v) is 4.73. The molecule has 34 heavy (non-hydrogen) atoms. The van der Waals surface area contributed by atoms with Crippen LogP contribution in [0.2, 0.25) is 0 Å². The summed E-state index contributed by atoms with van der Waals surface area (Å²) in [6, 6.07) is 0. The van der Waals surface area contributed by atoms with Crippen molar-refractivity contribution >= 4 is 13.6 Å². The quantitative estimate of drug-likeness (QED) is 0.0772. The van der Waals surface area contributed by atoms with Crippen LogP contribution in [-0.2, 0) is 23.4 Å². The molecule has 204 valence electrons. The SMILES string of the molecule is CCCCCCCCCCCCCCCCOCC(COP(=O)(O)CCNC)OC(=O)CCC. The van der Waals surface area contributed by atoms with Gasteiger partial charge in [-0.2, -0.15) is 0 Å². The summed E-state index contributed by atoms with van der Waals surface area (Å²) >= 11 is 0. The molecule has 2 N–H and O–H groups in total. The van der Waals surface area contributed by atoms with Gasteiger partial charge >= 0.3 is 13.6 Å². The topological polar surface area (TPSA) is 94.1 Å². The molecule has 0 spiro atoms. The van der Waals surface area contributed by atoms with Gasteiger partial charge in [0.2, 0.25) is 0 Å². The number of hydrogen-bond acceptors (Lipinski definition) is 6. The third kappa shape index (κ3) is 23.3. The molecule has 2 atom stereocenters. The van der Waals surface area contributed by atoms with Crippen molar-refractivity contribution in [3.8, 4) is 0 Å². The summed E-state index contributed by atoms with van der Waals surface area (Å²) in [6.45, 7) is 5.18. The number of rotatable bonds is 26. The zero-order valence-corrected chi connectivity index (χ0v) is 23.3. The molecule has 0 aromatic rings. The molecule has 0 aliphatic heterocycles. The van der Waals surface area contributed by atoms with E-state index in [1.54, 1.807) is 7.05 Å². The Kier molecular flexibility index (Phi) is 23.9. The van der Waals surface area contributed by atoms with E-state index in [9.17, 15) is 14.3 Å². The molecule has 0 aromatic carbocycles. The van der Waals surface area contributed by atoms with E-state index >= 15 is 0 Å². The minimum atomic E-state index is -3.71. The van der Waals surface area contributed by atoms with Gasteiger partial charge in [-0.1, -0.05) is 97.3 Å². The Hall–Kier alpha value is -0.460. The molecule has 0 saturated carbocycles. The lowest BCUT2D eigenvalue weighted by molar-refractivity contribution is -0.154.